The Hall–Kier alpha value is -0.680. The maximum absolute atomic E-state index is 5.31. The molecule has 1 heterocycles. The number of rotatable bonds is 3. The fraction of sp³-hybridized carbons (Fsp3) is 0.800. The number of nitrogens with zero attached hydrogens (tertiary/aromatic N) is 2. The third-order valence-corrected chi connectivity index (χ3v) is 2.47. The Kier molecular flexibility index (Phi) is 4.98. The number of nitrogens with two attached hydrogens (primary N) is 1. The van der Waals surface area contributed by atoms with E-state index in [0.29, 0.717) is 0 Å². The molecule has 1 aliphatic rings. The first-order valence-corrected chi connectivity index (χ1v) is 5.82. The van der Waals surface area contributed by atoms with Crippen LogP contribution in [0.3, 0.4) is 0 Å². The highest BCUT2D eigenvalue weighted by Gasteiger charge is 2.15. The zero-order valence-electron chi connectivity index (χ0n) is 9.49. The van der Waals surface area contributed by atoms with Gasteiger partial charge < -0.3 is 10.6 Å². The van der Waals surface area contributed by atoms with E-state index in [1.807, 2.05) is 0 Å². The Bertz CT molecular complexity index is 240. The lowest BCUT2D eigenvalue weighted by Crippen LogP contribution is -2.37. The maximum Gasteiger partial charge on any atom is 0.184 e. The van der Waals surface area contributed by atoms with Crippen LogP contribution in [0.15, 0.2) is 5.10 Å². The van der Waals surface area contributed by atoms with Gasteiger partial charge in [0.1, 0.15) is 0 Å². The molecule has 0 saturated carbocycles. The van der Waals surface area contributed by atoms with E-state index in [-0.39, 0.29) is 5.11 Å². The van der Waals surface area contributed by atoms with Crippen LogP contribution in [0.2, 0.25) is 0 Å². The number of thiocarbonyl (C=S) groups is 1. The van der Waals surface area contributed by atoms with Crippen molar-refractivity contribution in [3.8, 4) is 0 Å². The smallest absolute Gasteiger partial charge is 0.184 e. The summed E-state index contributed by atoms with van der Waals surface area (Å²) < 4.78 is 0. The maximum atomic E-state index is 5.31. The molecule has 0 aromatic rings. The standard InChI is InChI=1S/C10H20N4S/c1-8(2)7-14-5-3-9(4-6-14)12-13-10(11)15/h8H,3-7H2,1-2H3,(H3,11,13,15). The van der Waals surface area contributed by atoms with E-state index in [4.69, 9.17) is 18.0 Å². The summed E-state index contributed by atoms with van der Waals surface area (Å²) in [6.07, 6.45) is 2.03. The first-order valence-electron chi connectivity index (χ1n) is 5.41. The second-order valence-corrected chi connectivity index (χ2v) is 4.79. The highest BCUT2D eigenvalue weighted by atomic mass is 32.1. The SMILES string of the molecule is CC(C)CN1CCC(=NNC(N)=S)CC1. The Labute approximate surface area is 96.9 Å². The molecular weight excluding hydrogens is 208 g/mol. The number of nitrogens with one attached hydrogen (secondary N) is 1. The van der Waals surface area contributed by atoms with Gasteiger partial charge in [0.05, 0.1) is 0 Å². The Morgan fingerprint density at radius 3 is 2.60 bits per heavy atom. The second-order valence-electron chi connectivity index (χ2n) is 4.35. The third kappa shape index (κ3) is 5.09. The van der Waals surface area contributed by atoms with Crippen molar-refractivity contribution >= 4 is 23.0 Å². The van der Waals surface area contributed by atoms with E-state index in [1.54, 1.807) is 0 Å². The minimum atomic E-state index is 0.243. The minimum absolute atomic E-state index is 0.243. The van der Waals surface area contributed by atoms with E-state index in [0.717, 1.165) is 31.8 Å². The largest absolute Gasteiger partial charge is 0.375 e. The zero-order valence-corrected chi connectivity index (χ0v) is 10.3. The molecular formula is C10H20N4S. The van der Waals surface area contributed by atoms with Gasteiger partial charge in [-0.25, -0.2) is 0 Å². The van der Waals surface area contributed by atoms with Gasteiger partial charge in [0, 0.05) is 38.2 Å². The van der Waals surface area contributed by atoms with Crippen LogP contribution in [0.25, 0.3) is 0 Å². The lowest BCUT2D eigenvalue weighted by molar-refractivity contribution is 0.244. The summed E-state index contributed by atoms with van der Waals surface area (Å²) in [4.78, 5) is 2.48. The normalized spacial score (nSPS) is 17.9. The van der Waals surface area contributed by atoms with Gasteiger partial charge in [-0.05, 0) is 18.1 Å². The summed E-state index contributed by atoms with van der Waals surface area (Å²) >= 11 is 4.69. The molecule has 0 atom stereocenters. The molecule has 0 unspecified atom stereocenters. The van der Waals surface area contributed by atoms with Crippen molar-refractivity contribution in [2.24, 2.45) is 16.8 Å². The summed E-state index contributed by atoms with van der Waals surface area (Å²) in [7, 11) is 0. The van der Waals surface area contributed by atoms with Gasteiger partial charge in [-0.15, -0.1) is 0 Å². The summed E-state index contributed by atoms with van der Waals surface area (Å²) in [6, 6.07) is 0. The van der Waals surface area contributed by atoms with Crippen LogP contribution in [0.5, 0.6) is 0 Å². The van der Waals surface area contributed by atoms with Crippen molar-refractivity contribution in [2.45, 2.75) is 26.7 Å². The molecule has 1 fully saturated rings. The summed E-state index contributed by atoms with van der Waals surface area (Å²) in [5, 5.41) is 4.41. The molecule has 4 nitrogen and oxygen atoms in total. The van der Waals surface area contributed by atoms with Gasteiger partial charge in [-0.1, -0.05) is 13.8 Å². The molecule has 0 aliphatic carbocycles. The Morgan fingerprint density at radius 1 is 1.53 bits per heavy atom. The number of hydrogen-bond donors (Lipinski definition) is 2. The fourth-order valence-corrected chi connectivity index (χ4v) is 1.80. The van der Waals surface area contributed by atoms with Crippen LogP contribution in [0, 0.1) is 5.92 Å². The van der Waals surface area contributed by atoms with Crippen molar-refractivity contribution < 1.29 is 0 Å². The molecule has 15 heavy (non-hydrogen) atoms. The zero-order chi connectivity index (χ0) is 11.3. The molecule has 0 spiro atoms. The second kappa shape index (κ2) is 6.02. The lowest BCUT2D eigenvalue weighted by Gasteiger charge is -2.28. The summed E-state index contributed by atoms with van der Waals surface area (Å²) in [5.74, 6) is 0.734. The van der Waals surface area contributed by atoms with Gasteiger partial charge in [-0.3, -0.25) is 5.43 Å². The first-order chi connectivity index (χ1) is 7.08. The monoisotopic (exact) mass is 228 g/mol. The van der Waals surface area contributed by atoms with Gasteiger partial charge in [0.15, 0.2) is 5.11 Å². The molecule has 5 heteroatoms. The summed E-state index contributed by atoms with van der Waals surface area (Å²) in [5.41, 5.74) is 9.12. The predicted molar refractivity (Wildman–Crippen MR) is 67.9 cm³/mol. The van der Waals surface area contributed by atoms with Crippen molar-refractivity contribution in [1.82, 2.24) is 10.3 Å². The van der Waals surface area contributed by atoms with Crippen molar-refractivity contribution in [2.75, 3.05) is 19.6 Å². The van der Waals surface area contributed by atoms with Gasteiger partial charge in [-0.2, -0.15) is 5.10 Å². The number of likely N-dealkylation sites (tertiary alicyclic amines) is 1. The molecule has 0 bridgehead atoms. The molecule has 3 N–H and O–H groups in total. The van der Waals surface area contributed by atoms with Gasteiger partial charge in [0.25, 0.3) is 0 Å². The van der Waals surface area contributed by atoms with Crippen LogP contribution in [-0.2, 0) is 0 Å². The van der Waals surface area contributed by atoms with Crippen LogP contribution in [0.1, 0.15) is 26.7 Å². The van der Waals surface area contributed by atoms with E-state index in [1.165, 1.54) is 12.3 Å². The fourth-order valence-electron chi connectivity index (χ4n) is 1.76. The van der Waals surface area contributed by atoms with E-state index in [9.17, 15) is 0 Å². The molecule has 1 saturated heterocycles. The third-order valence-electron chi connectivity index (χ3n) is 2.38. The summed E-state index contributed by atoms with van der Waals surface area (Å²) in [6.45, 7) is 7.86. The number of hydrogen-bond acceptors (Lipinski definition) is 3. The average Bonchev–Trinajstić information content (AvgIpc) is 2.16. The molecule has 0 aromatic heterocycles. The lowest BCUT2D eigenvalue weighted by atomic mass is 10.1. The van der Waals surface area contributed by atoms with E-state index in [2.05, 4.69) is 29.3 Å². The highest BCUT2D eigenvalue weighted by molar-refractivity contribution is 7.80. The molecule has 0 amide bonds. The molecule has 1 aliphatic heterocycles. The Morgan fingerprint density at radius 2 is 2.13 bits per heavy atom. The number of hydrazone groups is 1. The minimum Gasteiger partial charge on any atom is -0.375 e. The molecule has 86 valence electrons. The Balaban J connectivity index is 2.29. The highest BCUT2D eigenvalue weighted by Crippen LogP contribution is 2.09. The molecule has 1 rings (SSSR count). The van der Waals surface area contributed by atoms with E-state index < -0.39 is 0 Å². The molecule has 0 radical (unpaired) electrons. The van der Waals surface area contributed by atoms with Crippen LogP contribution < -0.4 is 11.2 Å². The predicted octanol–water partition coefficient (Wildman–Crippen LogP) is 0.927. The van der Waals surface area contributed by atoms with E-state index >= 15 is 0 Å². The van der Waals surface area contributed by atoms with Crippen LogP contribution in [0.4, 0.5) is 0 Å². The number of piperidine rings is 1. The van der Waals surface area contributed by atoms with Crippen LogP contribution in [-0.4, -0.2) is 35.4 Å². The van der Waals surface area contributed by atoms with Gasteiger partial charge in [0.2, 0.25) is 0 Å². The van der Waals surface area contributed by atoms with Crippen molar-refractivity contribution in [3.05, 3.63) is 0 Å². The first kappa shape index (κ1) is 12.4. The quantitative estimate of drug-likeness (QED) is 0.557. The van der Waals surface area contributed by atoms with Crippen molar-refractivity contribution in [1.29, 1.82) is 0 Å². The average molecular weight is 228 g/mol. The topological polar surface area (TPSA) is 53.6 Å². The molecule has 0 aromatic carbocycles. The van der Waals surface area contributed by atoms with Crippen LogP contribution >= 0.6 is 12.2 Å². The van der Waals surface area contributed by atoms with Crippen molar-refractivity contribution in [3.63, 3.8) is 0 Å². The van der Waals surface area contributed by atoms with Gasteiger partial charge >= 0.3 is 0 Å².